The van der Waals surface area contributed by atoms with Crippen LogP contribution in [0.5, 0.6) is 11.5 Å². The van der Waals surface area contributed by atoms with E-state index in [-0.39, 0.29) is 5.82 Å². The van der Waals surface area contributed by atoms with Gasteiger partial charge in [-0.3, -0.25) is 0 Å². The molecule has 3 heterocycles. The number of halogens is 1. The van der Waals surface area contributed by atoms with Gasteiger partial charge in [-0.25, -0.2) is 9.07 Å². The van der Waals surface area contributed by atoms with Gasteiger partial charge in [-0.2, -0.15) is 4.98 Å². The minimum absolute atomic E-state index is 0.305. The summed E-state index contributed by atoms with van der Waals surface area (Å²) in [6.07, 6.45) is 1.45. The average molecular weight is 473 g/mol. The Morgan fingerprint density at radius 3 is 2.56 bits per heavy atom. The van der Waals surface area contributed by atoms with E-state index in [2.05, 4.69) is 10.3 Å². The Morgan fingerprint density at radius 2 is 1.79 bits per heavy atom. The van der Waals surface area contributed by atoms with Gasteiger partial charge in [0.1, 0.15) is 29.5 Å². The van der Waals surface area contributed by atoms with Crippen molar-refractivity contribution in [1.82, 2.24) is 14.8 Å². The van der Waals surface area contributed by atoms with Crippen LogP contribution < -0.4 is 14.8 Å². The molecule has 0 spiro atoms. The molecular weight excluding hydrogens is 451 g/mol. The summed E-state index contributed by atoms with van der Waals surface area (Å²) in [6, 6.07) is 21.9. The number of benzene rings is 3. The lowest BCUT2D eigenvalue weighted by molar-refractivity contribution is 0.222. The summed E-state index contributed by atoms with van der Waals surface area (Å²) >= 11 is 1.44. The van der Waals surface area contributed by atoms with Gasteiger partial charge >= 0.3 is 0 Å². The predicted molar refractivity (Wildman–Crippen MR) is 130 cm³/mol. The van der Waals surface area contributed by atoms with Crippen molar-refractivity contribution in [2.24, 2.45) is 0 Å². The summed E-state index contributed by atoms with van der Waals surface area (Å²) in [5.74, 6) is 1.77. The van der Waals surface area contributed by atoms with Crippen molar-refractivity contribution in [3.63, 3.8) is 0 Å². The monoisotopic (exact) mass is 472 g/mol. The van der Waals surface area contributed by atoms with Crippen LogP contribution in [0.2, 0.25) is 0 Å². The van der Waals surface area contributed by atoms with E-state index in [9.17, 15) is 0 Å². The van der Waals surface area contributed by atoms with Gasteiger partial charge in [0, 0.05) is 16.7 Å². The molecule has 8 heteroatoms. The van der Waals surface area contributed by atoms with Gasteiger partial charge in [0.25, 0.3) is 0 Å². The van der Waals surface area contributed by atoms with E-state index in [0.29, 0.717) is 16.7 Å². The second-order valence-corrected chi connectivity index (χ2v) is 8.79. The number of thioether (sulfide) groups is 1. The Kier molecular flexibility index (Phi) is 5.03. The molecule has 0 amide bonds. The topological polar surface area (TPSA) is 61.2 Å². The number of nitrogens with zero attached hydrogens (tertiary/aromatic N) is 3. The predicted octanol–water partition coefficient (Wildman–Crippen LogP) is 5.71. The smallest absolute Gasteiger partial charge is 0.227 e. The number of anilines is 1. The second kappa shape index (κ2) is 8.22. The van der Waals surface area contributed by atoms with Crippen molar-refractivity contribution in [2.75, 3.05) is 18.7 Å². The number of para-hydroxylation sites is 1. The molecule has 1 aromatic heterocycles. The average Bonchev–Trinajstić information content (AvgIpc) is 3.30. The maximum absolute atomic E-state index is 15.3. The van der Waals surface area contributed by atoms with Crippen LogP contribution in [0.4, 0.5) is 10.3 Å². The Morgan fingerprint density at radius 1 is 1.03 bits per heavy atom. The lowest BCUT2D eigenvalue weighted by atomic mass is 9.84. The Labute approximate surface area is 200 Å². The normalized spacial score (nSPS) is 18.3. The fourth-order valence-electron chi connectivity index (χ4n) is 4.59. The fourth-order valence-corrected chi connectivity index (χ4v) is 4.94. The number of methoxy groups -OCH3 is 1. The van der Waals surface area contributed by atoms with Crippen LogP contribution in [-0.4, -0.2) is 28.1 Å². The van der Waals surface area contributed by atoms with Gasteiger partial charge in [0.2, 0.25) is 11.1 Å². The van der Waals surface area contributed by atoms with E-state index < -0.39 is 12.1 Å². The van der Waals surface area contributed by atoms with Gasteiger partial charge in [-0.05, 0) is 42.2 Å². The third kappa shape index (κ3) is 3.25. The fraction of sp³-hybridized carbons (Fsp3) is 0.154. The highest BCUT2D eigenvalue weighted by molar-refractivity contribution is 7.98. The SMILES string of the molecule is COc1ccc([C@H]2Oc3ccccc3C3=C2[C@H](c2ccccc2F)n2nc(SC)nc2N3)cc1. The molecule has 0 fully saturated rings. The van der Waals surface area contributed by atoms with Gasteiger partial charge in [0.05, 0.1) is 12.8 Å². The number of rotatable bonds is 4. The van der Waals surface area contributed by atoms with Crippen LogP contribution in [0.3, 0.4) is 0 Å². The lowest BCUT2D eigenvalue weighted by Crippen LogP contribution is -2.32. The summed E-state index contributed by atoms with van der Waals surface area (Å²) in [5, 5.41) is 8.79. The Balaban J connectivity index is 1.62. The zero-order valence-corrected chi connectivity index (χ0v) is 19.3. The van der Waals surface area contributed by atoms with E-state index in [1.807, 2.05) is 60.9 Å². The first-order valence-electron chi connectivity index (χ1n) is 10.8. The number of hydrogen-bond acceptors (Lipinski definition) is 6. The largest absolute Gasteiger partial charge is 0.497 e. The molecule has 170 valence electrons. The van der Waals surface area contributed by atoms with Crippen LogP contribution in [0, 0.1) is 5.82 Å². The highest BCUT2D eigenvalue weighted by Gasteiger charge is 2.42. The minimum atomic E-state index is -0.540. The van der Waals surface area contributed by atoms with Gasteiger partial charge in [0.15, 0.2) is 0 Å². The minimum Gasteiger partial charge on any atom is -0.497 e. The van der Waals surface area contributed by atoms with Crippen molar-refractivity contribution >= 4 is 23.4 Å². The summed E-state index contributed by atoms with van der Waals surface area (Å²) in [7, 11) is 1.64. The molecular formula is C26H21FN4O2S. The molecule has 0 saturated heterocycles. The summed E-state index contributed by atoms with van der Waals surface area (Å²) in [4.78, 5) is 4.65. The van der Waals surface area contributed by atoms with Crippen molar-refractivity contribution in [1.29, 1.82) is 0 Å². The number of nitrogens with one attached hydrogen (secondary N) is 1. The molecule has 34 heavy (non-hydrogen) atoms. The summed E-state index contributed by atoms with van der Waals surface area (Å²) < 4.78 is 29.0. The highest BCUT2D eigenvalue weighted by atomic mass is 32.2. The molecule has 0 radical (unpaired) electrons. The number of ether oxygens (including phenoxy) is 2. The van der Waals surface area contributed by atoms with Crippen LogP contribution in [0.15, 0.2) is 83.5 Å². The first-order valence-corrected chi connectivity index (χ1v) is 12.1. The molecule has 2 aliphatic heterocycles. The molecule has 2 atom stereocenters. The van der Waals surface area contributed by atoms with E-state index in [1.54, 1.807) is 23.9 Å². The number of hydrogen-bond donors (Lipinski definition) is 1. The van der Waals surface area contributed by atoms with Crippen LogP contribution in [0.25, 0.3) is 5.70 Å². The molecule has 2 aliphatic rings. The Bertz CT molecular complexity index is 1420. The molecule has 6 nitrogen and oxygen atoms in total. The quantitative estimate of drug-likeness (QED) is 0.384. The van der Waals surface area contributed by atoms with E-state index >= 15 is 4.39 Å². The standard InChI is InChI=1S/C26H21FN4O2S/c1-32-16-13-11-15(12-14-16)24-21-22(18-8-4-6-10-20(18)33-24)28-25-29-26(34-2)30-31(25)23(21)17-7-3-5-9-19(17)27/h3-14,23-24H,1-2H3,(H,28,29,30)/t23-,24+/m0/s1. The maximum Gasteiger partial charge on any atom is 0.227 e. The van der Waals surface area contributed by atoms with Crippen molar-refractivity contribution < 1.29 is 13.9 Å². The molecule has 0 unspecified atom stereocenters. The van der Waals surface area contributed by atoms with Gasteiger partial charge in [-0.15, -0.1) is 5.10 Å². The third-order valence-electron chi connectivity index (χ3n) is 6.16. The van der Waals surface area contributed by atoms with Crippen LogP contribution in [-0.2, 0) is 0 Å². The second-order valence-electron chi connectivity index (χ2n) is 8.01. The summed E-state index contributed by atoms with van der Waals surface area (Å²) in [6.45, 7) is 0. The van der Waals surface area contributed by atoms with Gasteiger partial charge in [-0.1, -0.05) is 54.2 Å². The van der Waals surface area contributed by atoms with Crippen molar-refractivity contribution in [3.05, 3.63) is 101 Å². The van der Waals surface area contributed by atoms with Crippen molar-refractivity contribution in [3.8, 4) is 11.5 Å². The van der Waals surface area contributed by atoms with E-state index in [1.165, 1.54) is 17.8 Å². The number of fused-ring (bicyclic) bond motifs is 3. The molecule has 0 aliphatic carbocycles. The summed E-state index contributed by atoms with van der Waals surface area (Å²) in [5.41, 5.74) is 4.09. The Hall–Kier alpha value is -3.78. The molecule has 0 saturated carbocycles. The van der Waals surface area contributed by atoms with Gasteiger partial charge < -0.3 is 14.8 Å². The molecule has 0 bridgehead atoms. The molecule has 3 aromatic carbocycles. The van der Waals surface area contributed by atoms with E-state index in [0.717, 1.165) is 33.9 Å². The number of aromatic nitrogens is 3. The third-order valence-corrected chi connectivity index (χ3v) is 6.70. The maximum atomic E-state index is 15.3. The van der Waals surface area contributed by atoms with Crippen molar-refractivity contribution in [2.45, 2.75) is 17.3 Å². The molecule has 4 aromatic rings. The lowest BCUT2D eigenvalue weighted by Gasteiger charge is -2.39. The molecule has 6 rings (SSSR count). The van der Waals surface area contributed by atoms with E-state index in [4.69, 9.17) is 14.6 Å². The highest BCUT2D eigenvalue weighted by Crippen LogP contribution is 2.51. The first kappa shape index (κ1) is 20.8. The zero-order chi connectivity index (χ0) is 23.2. The first-order chi connectivity index (χ1) is 16.7. The van der Waals surface area contributed by atoms with Crippen LogP contribution >= 0.6 is 11.8 Å². The van der Waals surface area contributed by atoms with Crippen LogP contribution in [0.1, 0.15) is 28.8 Å². The zero-order valence-electron chi connectivity index (χ0n) is 18.5. The molecule has 1 N–H and O–H groups in total.